The van der Waals surface area contributed by atoms with Gasteiger partial charge in [-0.3, -0.25) is 0 Å². The fourth-order valence-corrected chi connectivity index (χ4v) is 2.80. The summed E-state index contributed by atoms with van der Waals surface area (Å²) in [5, 5.41) is 4.21. The van der Waals surface area contributed by atoms with Crippen LogP contribution in [0.25, 0.3) is 0 Å². The summed E-state index contributed by atoms with van der Waals surface area (Å²) < 4.78 is 0. The van der Waals surface area contributed by atoms with Crippen LogP contribution in [-0.2, 0) is 0 Å². The van der Waals surface area contributed by atoms with Crippen LogP contribution in [0.3, 0.4) is 0 Å². The molecule has 0 amide bonds. The summed E-state index contributed by atoms with van der Waals surface area (Å²) >= 11 is 2.00. The Morgan fingerprint density at radius 1 is 1.23 bits per heavy atom. The van der Waals surface area contributed by atoms with Gasteiger partial charge in [-0.15, -0.1) is 11.8 Å². The first-order chi connectivity index (χ1) is 6.45. The number of rotatable bonds is 2. The monoisotopic (exact) mass is 193 g/mol. The van der Waals surface area contributed by atoms with Gasteiger partial charge in [0.15, 0.2) is 0 Å². The molecule has 0 aliphatic carbocycles. The molecule has 0 unspecified atom stereocenters. The maximum absolute atomic E-state index is 3.43. The molecule has 0 spiro atoms. The number of benzene rings is 1. The molecule has 1 aliphatic rings. The van der Waals surface area contributed by atoms with Crippen molar-refractivity contribution in [3.8, 4) is 0 Å². The van der Waals surface area contributed by atoms with E-state index < -0.39 is 0 Å². The number of hydrogen-bond acceptors (Lipinski definition) is 2. The molecule has 2 rings (SSSR count). The van der Waals surface area contributed by atoms with E-state index in [1.807, 2.05) is 11.8 Å². The Morgan fingerprint density at radius 2 is 2.08 bits per heavy atom. The smallest absolute Gasteiger partial charge is 0.0220 e. The Hall–Kier alpha value is -0.470. The summed E-state index contributed by atoms with van der Waals surface area (Å²) in [6, 6.07) is 10.7. The topological polar surface area (TPSA) is 12.0 Å². The number of thioether (sulfide) groups is 1. The van der Waals surface area contributed by atoms with Crippen molar-refractivity contribution in [2.45, 2.75) is 23.0 Å². The van der Waals surface area contributed by atoms with Crippen molar-refractivity contribution in [1.29, 1.82) is 0 Å². The molecule has 0 bridgehead atoms. The Balaban J connectivity index is 1.90. The van der Waals surface area contributed by atoms with Crippen LogP contribution in [0.2, 0.25) is 0 Å². The van der Waals surface area contributed by atoms with Crippen LogP contribution in [0.1, 0.15) is 12.8 Å². The molecule has 1 aromatic rings. The molecule has 70 valence electrons. The van der Waals surface area contributed by atoms with Crippen LogP contribution in [0.4, 0.5) is 0 Å². The summed E-state index contributed by atoms with van der Waals surface area (Å²) in [6.45, 7) is 2.37. The molecule has 1 aromatic carbocycles. The van der Waals surface area contributed by atoms with Gasteiger partial charge in [-0.1, -0.05) is 18.2 Å². The van der Waals surface area contributed by atoms with E-state index in [0.717, 1.165) is 5.25 Å². The van der Waals surface area contributed by atoms with Gasteiger partial charge in [0.2, 0.25) is 0 Å². The molecule has 0 radical (unpaired) electrons. The second-order valence-corrected chi connectivity index (χ2v) is 4.77. The van der Waals surface area contributed by atoms with Gasteiger partial charge < -0.3 is 5.32 Å². The van der Waals surface area contributed by atoms with Gasteiger partial charge in [0.05, 0.1) is 0 Å². The third-order valence-corrected chi connectivity index (χ3v) is 3.58. The molecule has 1 nitrogen and oxygen atoms in total. The van der Waals surface area contributed by atoms with Gasteiger partial charge in [0.25, 0.3) is 0 Å². The average molecular weight is 193 g/mol. The van der Waals surface area contributed by atoms with Crippen molar-refractivity contribution < 1.29 is 0 Å². The Kier molecular flexibility index (Phi) is 3.27. The van der Waals surface area contributed by atoms with Crippen molar-refractivity contribution in [2.75, 3.05) is 13.1 Å². The molecule has 2 heteroatoms. The Bertz CT molecular complexity index is 242. The van der Waals surface area contributed by atoms with Gasteiger partial charge in [0.1, 0.15) is 0 Å². The summed E-state index contributed by atoms with van der Waals surface area (Å²) in [5.74, 6) is 0. The normalized spacial score (nSPS) is 22.9. The van der Waals surface area contributed by atoms with E-state index in [-0.39, 0.29) is 0 Å². The molecular weight excluding hydrogens is 178 g/mol. The van der Waals surface area contributed by atoms with Gasteiger partial charge in [-0.05, 0) is 31.5 Å². The minimum absolute atomic E-state index is 0.774. The minimum Gasteiger partial charge on any atom is -0.316 e. The zero-order chi connectivity index (χ0) is 8.93. The van der Waals surface area contributed by atoms with Crippen molar-refractivity contribution in [1.82, 2.24) is 5.32 Å². The van der Waals surface area contributed by atoms with Gasteiger partial charge in [-0.2, -0.15) is 0 Å². The van der Waals surface area contributed by atoms with Crippen molar-refractivity contribution >= 4 is 11.8 Å². The Labute approximate surface area is 83.9 Å². The quantitative estimate of drug-likeness (QED) is 0.774. The second kappa shape index (κ2) is 4.68. The molecule has 1 aliphatic heterocycles. The van der Waals surface area contributed by atoms with E-state index >= 15 is 0 Å². The number of nitrogens with one attached hydrogen (secondary N) is 1. The lowest BCUT2D eigenvalue weighted by molar-refractivity contribution is 0.531. The lowest BCUT2D eigenvalue weighted by Crippen LogP contribution is -2.31. The first kappa shape index (κ1) is 9.10. The van der Waals surface area contributed by atoms with Crippen molar-refractivity contribution in [2.24, 2.45) is 0 Å². The van der Waals surface area contributed by atoms with Crippen molar-refractivity contribution in [3.05, 3.63) is 30.3 Å². The fourth-order valence-electron chi connectivity index (χ4n) is 1.61. The summed E-state index contributed by atoms with van der Waals surface area (Å²) in [4.78, 5) is 1.40. The molecule has 1 atom stereocenters. The molecule has 13 heavy (non-hydrogen) atoms. The molecule has 1 saturated heterocycles. The predicted octanol–water partition coefficient (Wildman–Crippen LogP) is 2.53. The summed E-state index contributed by atoms with van der Waals surface area (Å²) in [5.41, 5.74) is 0. The SMILES string of the molecule is c1ccc(S[C@H]2CCCNC2)cc1. The maximum Gasteiger partial charge on any atom is 0.0220 e. The first-order valence-corrected chi connectivity index (χ1v) is 5.75. The molecule has 1 N–H and O–H groups in total. The van der Waals surface area contributed by atoms with Crippen LogP contribution in [0.15, 0.2) is 35.2 Å². The third-order valence-electron chi connectivity index (χ3n) is 2.30. The third kappa shape index (κ3) is 2.75. The highest BCUT2D eigenvalue weighted by molar-refractivity contribution is 8.00. The molecule has 0 saturated carbocycles. The van der Waals surface area contributed by atoms with E-state index in [1.165, 1.54) is 30.8 Å². The number of piperidine rings is 1. The lowest BCUT2D eigenvalue weighted by Gasteiger charge is -2.21. The highest BCUT2D eigenvalue weighted by Crippen LogP contribution is 2.26. The zero-order valence-electron chi connectivity index (χ0n) is 7.70. The second-order valence-electron chi connectivity index (χ2n) is 3.40. The van der Waals surface area contributed by atoms with E-state index in [4.69, 9.17) is 0 Å². The molecule has 0 aromatic heterocycles. The van der Waals surface area contributed by atoms with Crippen LogP contribution in [0, 0.1) is 0 Å². The molecule has 1 heterocycles. The molecular formula is C11H15NS. The number of hydrogen-bond donors (Lipinski definition) is 1. The van der Waals surface area contributed by atoms with E-state index in [0.29, 0.717) is 0 Å². The minimum atomic E-state index is 0.774. The van der Waals surface area contributed by atoms with Crippen molar-refractivity contribution in [3.63, 3.8) is 0 Å². The maximum atomic E-state index is 3.43. The van der Waals surface area contributed by atoms with Gasteiger partial charge >= 0.3 is 0 Å². The van der Waals surface area contributed by atoms with E-state index in [1.54, 1.807) is 0 Å². The lowest BCUT2D eigenvalue weighted by atomic mass is 10.2. The van der Waals surface area contributed by atoms with Gasteiger partial charge in [0, 0.05) is 16.7 Å². The van der Waals surface area contributed by atoms with E-state index in [9.17, 15) is 0 Å². The fraction of sp³-hybridized carbons (Fsp3) is 0.455. The average Bonchev–Trinajstić information content (AvgIpc) is 2.21. The van der Waals surface area contributed by atoms with Crippen LogP contribution >= 0.6 is 11.8 Å². The van der Waals surface area contributed by atoms with Crippen LogP contribution < -0.4 is 5.32 Å². The molecule has 1 fully saturated rings. The summed E-state index contributed by atoms with van der Waals surface area (Å²) in [7, 11) is 0. The highest BCUT2D eigenvalue weighted by Gasteiger charge is 2.13. The predicted molar refractivity (Wildman–Crippen MR) is 58.2 cm³/mol. The van der Waals surface area contributed by atoms with E-state index in [2.05, 4.69) is 35.6 Å². The summed E-state index contributed by atoms with van der Waals surface area (Å²) in [6.07, 6.45) is 2.68. The Morgan fingerprint density at radius 3 is 2.77 bits per heavy atom. The van der Waals surface area contributed by atoms with Crippen LogP contribution in [-0.4, -0.2) is 18.3 Å². The zero-order valence-corrected chi connectivity index (χ0v) is 8.52. The highest BCUT2D eigenvalue weighted by atomic mass is 32.2. The van der Waals surface area contributed by atoms with Crippen LogP contribution in [0.5, 0.6) is 0 Å². The first-order valence-electron chi connectivity index (χ1n) is 4.87. The largest absolute Gasteiger partial charge is 0.316 e. The standard InChI is InChI=1S/C11H15NS/c1-2-5-10(6-3-1)13-11-7-4-8-12-9-11/h1-3,5-6,11-12H,4,7-9H2/t11-/m0/s1. The van der Waals surface area contributed by atoms with Gasteiger partial charge in [-0.25, -0.2) is 0 Å².